The lowest BCUT2D eigenvalue weighted by molar-refractivity contribution is -0.123. The molecule has 4 aromatic rings. The molecule has 1 fully saturated rings. The standard InChI is InChI=1S/C28H30Br2N8O2/c1-16-10-17(11-19-13-31-36-24(16)19)12-22(27-34-25(29)26(30)35-27)32-23(39)15-37-8-6-20(7-9-37)38-14-18-4-2-3-5-21(18)33-28(38)40/h2-5,10-11,13,20,22H,6-9,12,14-15H2,1H3,(H,31,36)(H,32,39)(H,33,40)(H,34,35). The molecule has 12 heteroatoms. The molecule has 2 aliphatic rings. The van der Waals surface area contributed by atoms with Gasteiger partial charge in [0.15, 0.2) is 0 Å². The van der Waals surface area contributed by atoms with Crippen molar-refractivity contribution in [1.29, 1.82) is 0 Å². The topological polar surface area (TPSA) is 122 Å². The first-order chi connectivity index (χ1) is 19.3. The van der Waals surface area contributed by atoms with Gasteiger partial charge in [-0.25, -0.2) is 9.78 Å². The normalized spacial score (nSPS) is 17.1. The van der Waals surface area contributed by atoms with E-state index in [2.05, 4.69) is 85.8 Å². The molecular weight excluding hydrogens is 640 g/mol. The van der Waals surface area contributed by atoms with Crippen LogP contribution < -0.4 is 10.6 Å². The molecule has 0 aliphatic carbocycles. The quantitative estimate of drug-likeness (QED) is 0.220. The minimum Gasteiger partial charge on any atom is -0.345 e. The zero-order valence-electron chi connectivity index (χ0n) is 22.0. The van der Waals surface area contributed by atoms with Crippen LogP contribution >= 0.6 is 31.9 Å². The van der Waals surface area contributed by atoms with Crippen LogP contribution in [0.25, 0.3) is 10.9 Å². The molecule has 4 N–H and O–H groups in total. The van der Waals surface area contributed by atoms with E-state index in [0.717, 1.165) is 63.8 Å². The number of aromatic nitrogens is 4. The maximum absolute atomic E-state index is 13.3. The fourth-order valence-corrected chi connectivity index (χ4v) is 6.33. The van der Waals surface area contributed by atoms with E-state index in [1.165, 1.54) is 0 Å². The van der Waals surface area contributed by atoms with Crippen LogP contribution in [-0.2, 0) is 17.8 Å². The van der Waals surface area contributed by atoms with Crippen LogP contribution in [0.2, 0.25) is 0 Å². The van der Waals surface area contributed by atoms with E-state index in [0.29, 0.717) is 29.9 Å². The molecule has 0 bridgehead atoms. The van der Waals surface area contributed by atoms with E-state index >= 15 is 0 Å². The second-order valence-electron chi connectivity index (χ2n) is 10.5. The first-order valence-electron chi connectivity index (χ1n) is 13.3. The molecule has 2 aromatic heterocycles. The highest BCUT2D eigenvalue weighted by Gasteiger charge is 2.32. The molecule has 10 nitrogen and oxygen atoms in total. The number of hydrogen-bond acceptors (Lipinski definition) is 5. The number of imidazole rings is 1. The van der Waals surface area contributed by atoms with Gasteiger partial charge in [0.25, 0.3) is 0 Å². The van der Waals surface area contributed by atoms with Crippen LogP contribution in [0.5, 0.6) is 0 Å². The Balaban J connectivity index is 1.09. The van der Waals surface area contributed by atoms with E-state index in [1.54, 1.807) is 0 Å². The molecule has 6 rings (SSSR count). The van der Waals surface area contributed by atoms with Crippen LogP contribution in [0, 0.1) is 6.92 Å². The Morgan fingerprint density at radius 1 is 1.20 bits per heavy atom. The molecule has 0 saturated carbocycles. The summed E-state index contributed by atoms with van der Waals surface area (Å²) in [5.41, 5.74) is 5.23. The van der Waals surface area contributed by atoms with Gasteiger partial charge in [0, 0.05) is 36.7 Å². The number of benzene rings is 2. The monoisotopic (exact) mass is 668 g/mol. The molecule has 2 aromatic carbocycles. The van der Waals surface area contributed by atoms with Gasteiger partial charge >= 0.3 is 6.03 Å². The zero-order chi connectivity index (χ0) is 27.8. The third-order valence-corrected chi connectivity index (χ3v) is 9.45. The van der Waals surface area contributed by atoms with Crippen LogP contribution in [0.3, 0.4) is 0 Å². The summed E-state index contributed by atoms with van der Waals surface area (Å²) in [7, 11) is 0. The van der Waals surface area contributed by atoms with Crippen molar-refractivity contribution < 1.29 is 9.59 Å². The van der Waals surface area contributed by atoms with Gasteiger partial charge in [-0.15, -0.1) is 0 Å². The van der Waals surface area contributed by atoms with Crippen molar-refractivity contribution in [2.24, 2.45) is 0 Å². The van der Waals surface area contributed by atoms with Gasteiger partial charge in [-0.1, -0.05) is 24.3 Å². The lowest BCUT2D eigenvalue weighted by Gasteiger charge is -2.40. The van der Waals surface area contributed by atoms with E-state index in [1.807, 2.05) is 36.2 Å². The van der Waals surface area contributed by atoms with E-state index in [4.69, 9.17) is 0 Å². The molecular formula is C28H30Br2N8O2. The van der Waals surface area contributed by atoms with Crippen molar-refractivity contribution in [2.45, 2.75) is 44.8 Å². The van der Waals surface area contributed by atoms with E-state index in [9.17, 15) is 9.59 Å². The minimum absolute atomic E-state index is 0.0441. The number of likely N-dealkylation sites (tertiary alicyclic amines) is 1. The number of amides is 3. The maximum atomic E-state index is 13.3. The van der Waals surface area contributed by atoms with Gasteiger partial charge in [-0.05, 0) is 86.9 Å². The highest BCUT2D eigenvalue weighted by atomic mass is 79.9. The number of urea groups is 1. The number of rotatable bonds is 7. The largest absolute Gasteiger partial charge is 0.345 e. The summed E-state index contributed by atoms with van der Waals surface area (Å²) in [6.45, 7) is 4.46. The highest BCUT2D eigenvalue weighted by molar-refractivity contribution is 9.13. The Morgan fingerprint density at radius 3 is 2.77 bits per heavy atom. The van der Waals surface area contributed by atoms with Crippen molar-refractivity contribution in [2.75, 3.05) is 25.0 Å². The summed E-state index contributed by atoms with van der Waals surface area (Å²) < 4.78 is 1.39. The number of para-hydroxylation sites is 1. The fourth-order valence-electron chi connectivity index (χ4n) is 5.74. The Kier molecular flexibility index (Phi) is 7.65. The third kappa shape index (κ3) is 5.65. The van der Waals surface area contributed by atoms with Gasteiger partial charge < -0.3 is 20.5 Å². The molecule has 0 radical (unpaired) electrons. The molecule has 3 amide bonds. The van der Waals surface area contributed by atoms with E-state index in [-0.39, 0.29) is 24.0 Å². The van der Waals surface area contributed by atoms with Crippen LogP contribution in [0.1, 0.15) is 41.4 Å². The Morgan fingerprint density at radius 2 is 2.00 bits per heavy atom. The number of halogens is 2. The lowest BCUT2D eigenvalue weighted by Crippen LogP contribution is -2.51. The molecule has 4 heterocycles. The number of nitrogens with one attached hydrogen (secondary N) is 4. The number of H-pyrrole nitrogens is 2. The summed E-state index contributed by atoms with van der Waals surface area (Å²) in [5, 5.41) is 14.5. The van der Waals surface area contributed by atoms with Crippen molar-refractivity contribution in [3.8, 4) is 0 Å². The molecule has 1 atom stereocenters. The summed E-state index contributed by atoms with van der Waals surface area (Å²) in [4.78, 5) is 37.9. The van der Waals surface area contributed by atoms with Gasteiger partial charge in [0.1, 0.15) is 15.0 Å². The van der Waals surface area contributed by atoms with Crippen LogP contribution in [0.4, 0.5) is 10.5 Å². The molecule has 0 spiro atoms. The van der Waals surface area contributed by atoms with Crippen LogP contribution in [-0.4, -0.2) is 67.6 Å². The second-order valence-corrected chi connectivity index (χ2v) is 12.1. The van der Waals surface area contributed by atoms with Crippen molar-refractivity contribution in [3.63, 3.8) is 0 Å². The summed E-state index contributed by atoms with van der Waals surface area (Å²) in [6.07, 6.45) is 4.05. The first-order valence-corrected chi connectivity index (χ1v) is 14.9. The van der Waals surface area contributed by atoms with Gasteiger partial charge in [-0.2, -0.15) is 5.10 Å². The predicted octanol–water partition coefficient (Wildman–Crippen LogP) is 5.03. The number of carbonyl (C=O) groups is 2. The number of nitrogens with zero attached hydrogens (tertiary/aromatic N) is 4. The Hall–Kier alpha value is -3.22. The Labute approximate surface area is 248 Å². The number of anilines is 1. The fraction of sp³-hybridized carbons (Fsp3) is 0.357. The average molecular weight is 670 g/mol. The first kappa shape index (κ1) is 27.0. The smallest absolute Gasteiger partial charge is 0.322 e. The number of fused-ring (bicyclic) bond motifs is 2. The number of carbonyl (C=O) groups excluding carboxylic acids is 2. The predicted molar refractivity (Wildman–Crippen MR) is 160 cm³/mol. The van der Waals surface area contributed by atoms with Crippen LogP contribution in [0.15, 0.2) is 51.8 Å². The summed E-state index contributed by atoms with van der Waals surface area (Å²) in [6, 6.07) is 11.9. The third-order valence-electron chi connectivity index (χ3n) is 7.77. The van der Waals surface area contributed by atoms with Crippen molar-refractivity contribution >= 4 is 60.4 Å². The molecule has 40 heavy (non-hydrogen) atoms. The number of piperidine rings is 1. The highest BCUT2D eigenvalue weighted by Crippen LogP contribution is 2.29. The number of hydrogen-bond donors (Lipinski definition) is 4. The molecule has 2 aliphatic heterocycles. The zero-order valence-corrected chi connectivity index (χ0v) is 25.2. The lowest BCUT2D eigenvalue weighted by atomic mass is 10.0. The molecule has 208 valence electrons. The van der Waals surface area contributed by atoms with Gasteiger partial charge in [0.05, 0.1) is 24.3 Å². The maximum Gasteiger partial charge on any atom is 0.322 e. The SMILES string of the molecule is Cc1cc(CC(NC(=O)CN2CCC(N3Cc4ccccc4NC3=O)CC2)c2nc(Br)c(Br)[nH]2)cc2cn[nH]c12. The Bertz CT molecular complexity index is 1540. The second kappa shape index (κ2) is 11.3. The van der Waals surface area contributed by atoms with Gasteiger partial charge in [0.2, 0.25) is 5.91 Å². The van der Waals surface area contributed by atoms with E-state index < -0.39 is 0 Å². The number of aryl methyl sites for hydroxylation is 1. The molecule has 1 saturated heterocycles. The number of aromatic amines is 2. The summed E-state index contributed by atoms with van der Waals surface area (Å²) in [5.74, 6) is 0.616. The average Bonchev–Trinajstić information content (AvgIpc) is 3.55. The van der Waals surface area contributed by atoms with Gasteiger partial charge in [-0.3, -0.25) is 14.8 Å². The summed E-state index contributed by atoms with van der Waals surface area (Å²) >= 11 is 6.93. The van der Waals surface area contributed by atoms with Crippen molar-refractivity contribution in [3.05, 3.63) is 74.3 Å². The molecule has 1 unspecified atom stereocenters. The minimum atomic E-state index is -0.339. The van der Waals surface area contributed by atoms with Crippen molar-refractivity contribution in [1.82, 2.24) is 35.3 Å².